The molecule has 20 heavy (non-hydrogen) atoms. The second-order valence-electron chi connectivity index (χ2n) is 4.75. The highest BCUT2D eigenvalue weighted by Gasteiger charge is 2.27. The summed E-state index contributed by atoms with van der Waals surface area (Å²) < 4.78 is 0. The SMILES string of the molecule is Cl.NCC1CCN(C(=O)c2ccccc2[N+](=O)[O-])CC1. The second kappa shape index (κ2) is 7.21. The molecule has 110 valence electrons. The van der Waals surface area contributed by atoms with E-state index in [9.17, 15) is 14.9 Å². The molecule has 0 aromatic heterocycles. The number of para-hydroxylation sites is 1. The molecule has 6 nitrogen and oxygen atoms in total. The van der Waals surface area contributed by atoms with E-state index in [4.69, 9.17) is 5.73 Å². The topological polar surface area (TPSA) is 89.5 Å². The molecule has 2 rings (SSSR count). The predicted molar refractivity (Wildman–Crippen MR) is 78.0 cm³/mol. The van der Waals surface area contributed by atoms with Crippen LogP contribution >= 0.6 is 12.4 Å². The van der Waals surface area contributed by atoms with Crippen molar-refractivity contribution in [1.29, 1.82) is 0 Å². The van der Waals surface area contributed by atoms with Gasteiger partial charge in [0.05, 0.1) is 4.92 Å². The molecule has 1 aliphatic heterocycles. The van der Waals surface area contributed by atoms with E-state index < -0.39 is 4.92 Å². The molecule has 1 heterocycles. The number of amides is 1. The van der Waals surface area contributed by atoms with Crippen LogP contribution in [0.2, 0.25) is 0 Å². The summed E-state index contributed by atoms with van der Waals surface area (Å²) in [6.07, 6.45) is 1.73. The van der Waals surface area contributed by atoms with Crippen LogP contribution in [0.5, 0.6) is 0 Å². The van der Waals surface area contributed by atoms with Gasteiger partial charge < -0.3 is 10.6 Å². The van der Waals surface area contributed by atoms with E-state index in [-0.39, 0.29) is 29.6 Å². The number of carbonyl (C=O) groups is 1. The monoisotopic (exact) mass is 299 g/mol. The number of piperidine rings is 1. The van der Waals surface area contributed by atoms with E-state index >= 15 is 0 Å². The number of nitrogens with zero attached hydrogens (tertiary/aromatic N) is 2. The highest BCUT2D eigenvalue weighted by atomic mass is 35.5. The van der Waals surface area contributed by atoms with Crippen LogP contribution in [0.1, 0.15) is 23.2 Å². The minimum Gasteiger partial charge on any atom is -0.338 e. The fourth-order valence-electron chi connectivity index (χ4n) is 2.36. The molecule has 0 aliphatic carbocycles. The highest BCUT2D eigenvalue weighted by Crippen LogP contribution is 2.23. The van der Waals surface area contributed by atoms with Gasteiger partial charge in [0.25, 0.3) is 11.6 Å². The van der Waals surface area contributed by atoms with Gasteiger partial charge >= 0.3 is 0 Å². The van der Waals surface area contributed by atoms with Gasteiger partial charge in [-0.2, -0.15) is 0 Å². The number of hydrogen-bond donors (Lipinski definition) is 1. The Labute approximate surface area is 123 Å². The Morgan fingerprint density at radius 1 is 1.35 bits per heavy atom. The smallest absolute Gasteiger partial charge is 0.282 e. The van der Waals surface area contributed by atoms with Crippen molar-refractivity contribution in [1.82, 2.24) is 4.90 Å². The molecular weight excluding hydrogens is 282 g/mol. The molecule has 1 aromatic rings. The fourth-order valence-corrected chi connectivity index (χ4v) is 2.36. The van der Waals surface area contributed by atoms with Gasteiger partial charge in [0, 0.05) is 19.2 Å². The average Bonchev–Trinajstić information content (AvgIpc) is 2.46. The van der Waals surface area contributed by atoms with Crippen molar-refractivity contribution in [3.8, 4) is 0 Å². The molecule has 1 amide bonds. The van der Waals surface area contributed by atoms with Crippen LogP contribution < -0.4 is 5.73 Å². The van der Waals surface area contributed by atoms with Crippen LogP contribution in [0.4, 0.5) is 5.69 Å². The quantitative estimate of drug-likeness (QED) is 0.681. The predicted octanol–water partition coefficient (Wildman–Crippen LogP) is 1.83. The maximum absolute atomic E-state index is 12.3. The van der Waals surface area contributed by atoms with Gasteiger partial charge in [0.2, 0.25) is 0 Å². The van der Waals surface area contributed by atoms with Crippen molar-refractivity contribution in [2.45, 2.75) is 12.8 Å². The van der Waals surface area contributed by atoms with Crippen molar-refractivity contribution in [3.63, 3.8) is 0 Å². The first-order valence-electron chi connectivity index (χ1n) is 6.36. The molecule has 0 saturated carbocycles. The molecule has 0 radical (unpaired) electrons. The lowest BCUT2D eigenvalue weighted by Crippen LogP contribution is -2.40. The minimum absolute atomic E-state index is 0. The molecule has 2 N–H and O–H groups in total. The summed E-state index contributed by atoms with van der Waals surface area (Å²) in [6, 6.07) is 6.08. The molecule has 1 aliphatic rings. The molecule has 7 heteroatoms. The molecule has 1 fully saturated rings. The van der Waals surface area contributed by atoms with Gasteiger partial charge in [-0.05, 0) is 31.4 Å². The van der Waals surface area contributed by atoms with Crippen LogP contribution in [0.25, 0.3) is 0 Å². The Morgan fingerprint density at radius 3 is 2.50 bits per heavy atom. The van der Waals surface area contributed by atoms with Gasteiger partial charge in [0.15, 0.2) is 0 Å². The van der Waals surface area contributed by atoms with Gasteiger partial charge in [-0.15, -0.1) is 12.4 Å². The maximum atomic E-state index is 12.3. The van der Waals surface area contributed by atoms with Crippen molar-refractivity contribution < 1.29 is 9.72 Å². The molecule has 0 bridgehead atoms. The highest BCUT2D eigenvalue weighted by molar-refractivity contribution is 5.98. The lowest BCUT2D eigenvalue weighted by molar-refractivity contribution is -0.385. The van der Waals surface area contributed by atoms with Crippen LogP contribution in [0, 0.1) is 16.0 Å². The molecular formula is C13H18ClN3O3. The van der Waals surface area contributed by atoms with E-state index in [1.807, 2.05) is 0 Å². The van der Waals surface area contributed by atoms with Crippen LogP contribution in [0.3, 0.4) is 0 Å². The second-order valence-corrected chi connectivity index (χ2v) is 4.75. The summed E-state index contributed by atoms with van der Waals surface area (Å²) >= 11 is 0. The number of halogens is 1. The number of rotatable bonds is 3. The van der Waals surface area contributed by atoms with Gasteiger partial charge in [0.1, 0.15) is 5.56 Å². The Hall–Kier alpha value is -1.66. The number of nitrogens with two attached hydrogens (primary N) is 1. The third-order valence-corrected chi connectivity index (χ3v) is 3.57. The summed E-state index contributed by atoms with van der Waals surface area (Å²) in [6.45, 7) is 1.87. The Bertz CT molecular complexity index is 488. The zero-order valence-electron chi connectivity index (χ0n) is 11.0. The lowest BCUT2D eigenvalue weighted by atomic mass is 9.96. The number of nitro groups is 1. The average molecular weight is 300 g/mol. The Kier molecular flexibility index (Phi) is 5.91. The molecule has 0 unspecified atom stereocenters. The van der Waals surface area contributed by atoms with Crippen molar-refractivity contribution in [2.24, 2.45) is 11.7 Å². The van der Waals surface area contributed by atoms with Crippen molar-refractivity contribution in [2.75, 3.05) is 19.6 Å². The summed E-state index contributed by atoms with van der Waals surface area (Å²) in [5.41, 5.74) is 5.64. The minimum atomic E-state index is -0.514. The van der Waals surface area contributed by atoms with Crippen LogP contribution in [0.15, 0.2) is 24.3 Å². The van der Waals surface area contributed by atoms with Crippen molar-refractivity contribution in [3.05, 3.63) is 39.9 Å². The van der Waals surface area contributed by atoms with E-state index in [0.717, 1.165) is 12.8 Å². The first-order valence-corrected chi connectivity index (χ1v) is 6.36. The van der Waals surface area contributed by atoms with Gasteiger partial charge in [-0.1, -0.05) is 12.1 Å². The third kappa shape index (κ3) is 3.46. The lowest BCUT2D eigenvalue weighted by Gasteiger charge is -2.31. The number of nitro benzene ring substituents is 1. The van der Waals surface area contributed by atoms with Gasteiger partial charge in [-0.25, -0.2) is 0 Å². The maximum Gasteiger partial charge on any atom is 0.282 e. The molecule has 1 aromatic carbocycles. The van der Waals surface area contributed by atoms with E-state index in [0.29, 0.717) is 25.6 Å². The fraction of sp³-hybridized carbons (Fsp3) is 0.462. The first-order chi connectivity index (χ1) is 9.13. The Balaban J connectivity index is 0.00000200. The zero-order chi connectivity index (χ0) is 13.8. The van der Waals surface area contributed by atoms with E-state index in [1.54, 1.807) is 17.0 Å². The normalized spacial score (nSPS) is 15.6. The number of likely N-dealkylation sites (tertiary alicyclic amines) is 1. The van der Waals surface area contributed by atoms with Gasteiger partial charge in [-0.3, -0.25) is 14.9 Å². The van der Waals surface area contributed by atoms with Crippen LogP contribution in [-0.4, -0.2) is 35.4 Å². The van der Waals surface area contributed by atoms with E-state index in [1.165, 1.54) is 12.1 Å². The molecule has 1 saturated heterocycles. The first kappa shape index (κ1) is 16.4. The number of benzene rings is 1. The zero-order valence-corrected chi connectivity index (χ0v) is 11.8. The number of hydrogen-bond acceptors (Lipinski definition) is 4. The molecule has 0 atom stereocenters. The third-order valence-electron chi connectivity index (χ3n) is 3.57. The molecule has 0 spiro atoms. The van der Waals surface area contributed by atoms with Crippen molar-refractivity contribution >= 4 is 24.0 Å². The Morgan fingerprint density at radius 2 is 1.95 bits per heavy atom. The van der Waals surface area contributed by atoms with E-state index in [2.05, 4.69) is 0 Å². The summed E-state index contributed by atoms with van der Waals surface area (Å²) in [4.78, 5) is 24.4. The number of carbonyl (C=O) groups excluding carboxylic acids is 1. The van der Waals surface area contributed by atoms with Crippen LogP contribution in [-0.2, 0) is 0 Å². The summed E-state index contributed by atoms with van der Waals surface area (Å²) in [5, 5.41) is 10.9. The summed E-state index contributed by atoms with van der Waals surface area (Å²) in [5.74, 6) is 0.192. The summed E-state index contributed by atoms with van der Waals surface area (Å²) in [7, 11) is 0. The standard InChI is InChI=1S/C13H17N3O3.ClH/c14-9-10-5-7-15(8-6-10)13(17)11-3-1-2-4-12(11)16(18)19;/h1-4,10H,5-9,14H2;1H. The largest absolute Gasteiger partial charge is 0.338 e.